The second kappa shape index (κ2) is 4.80. The van der Waals surface area contributed by atoms with Crippen LogP contribution in [0.1, 0.15) is 26.4 Å². The number of aromatic carboxylic acids is 1. The molecule has 0 saturated carbocycles. The van der Waals surface area contributed by atoms with E-state index in [9.17, 15) is 22.8 Å². The summed E-state index contributed by atoms with van der Waals surface area (Å²) in [5, 5.41) is 14.8. The Morgan fingerprint density at radius 1 is 1.30 bits per heavy atom. The third kappa shape index (κ3) is 2.40. The number of nitrogens with one attached hydrogen (secondary N) is 1. The van der Waals surface area contributed by atoms with E-state index >= 15 is 0 Å². The molecule has 2 N–H and O–H groups in total. The van der Waals surface area contributed by atoms with Gasteiger partial charge in [0.05, 0.1) is 17.3 Å². The average molecular weight is 284 g/mol. The molecule has 0 aliphatic heterocycles. The van der Waals surface area contributed by atoms with Crippen molar-refractivity contribution in [2.75, 3.05) is 0 Å². The summed E-state index contributed by atoms with van der Waals surface area (Å²) in [6, 6.07) is 2.21. The lowest BCUT2D eigenvalue weighted by Crippen LogP contribution is -2.08. The normalized spacial score (nSPS) is 11.3. The lowest BCUT2D eigenvalue weighted by atomic mass is 9.97. The number of carbonyl (C=O) groups excluding carboxylic acids is 1. The molecule has 2 rings (SSSR count). The van der Waals surface area contributed by atoms with Crippen molar-refractivity contribution < 1.29 is 27.9 Å². The standard InChI is InChI=1S/C12H7F3N2O3/c13-12(14,15)6-1-2-7(11(19)20)8(3-6)9-4-16-17-10(9)5-18/h1-5H,(H,16,17)(H,19,20). The number of aromatic amines is 1. The molecule has 1 aromatic carbocycles. The van der Waals surface area contributed by atoms with Gasteiger partial charge in [0.2, 0.25) is 0 Å². The Hall–Kier alpha value is -2.64. The van der Waals surface area contributed by atoms with Gasteiger partial charge in [0.1, 0.15) is 5.69 Å². The minimum atomic E-state index is -4.61. The first-order valence-corrected chi connectivity index (χ1v) is 5.28. The number of alkyl halides is 3. The van der Waals surface area contributed by atoms with E-state index in [4.69, 9.17) is 5.11 Å². The van der Waals surface area contributed by atoms with Crippen LogP contribution in [0.25, 0.3) is 11.1 Å². The van der Waals surface area contributed by atoms with E-state index in [1.54, 1.807) is 0 Å². The highest BCUT2D eigenvalue weighted by Gasteiger charge is 2.32. The zero-order chi connectivity index (χ0) is 14.9. The van der Waals surface area contributed by atoms with Gasteiger partial charge >= 0.3 is 12.1 Å². The number of hydrogen-bond acceptors (Lipinski definition) is 3. The number of benzene rings is 1. The first-order valence-electron chi connectivity index (χ1n) is 5.28. The Kier molecular flexibility index (Phi) is 3.31. The number of hydrogen-bond donors (Lipinski definition) is 2. The highest BCUT2D eigenvalue weighted by Crippen LogP contribution is 2.34. The van der Waals surface area contributed by atoms with Crippen molar-refractivity contribution >= 4 is 12.3 Å². The summed E-state index contributed by atoms with van der Waals surface area (Å²) in [5.74, 6) is -1.40. The van der Waals surface area contributed by atoms with Crippen LogP contribution in [0, 0.1) is 0 Å². The molecule has 0 radical (unpaired) electrons. The van der Waals surface area contributed by atoms with Gasteiger partial charge in [0, 0.05) is 11.1 Å². The van der Waals surface area contributed by atoms with E-state index in [-0.39, 0.29) is 22.4 Å². The fourth-order valence-corrected chi connectivity index (χ4v) is 1.73. The third-order valence-electron chi connectivity index (χ3n) is 2.65. The van der Waals surface area contributed by atoms with Gasteiger partial charge in [-0.3, -0.25) is 9.89 Å². The van der Waals surface area contributed by atoms with Crippen molar-refractivity contribution in [2.24, 2.45) is 0 Å². The van der Waals surface area contributed by atoms with Crippen LogP contribution >= 0.6 is 0 Å². The second-order valence-electron chi connectivity index (χ2n) is 3.88. The minimum absolute atomic E-state index is 0.00324. The van der Waals surface area contributed by atoms with Crippen LogP contribution in [0.5, 0.6) is 0 Å². The molecule has 0 amide bonds. The van der Waals surface area contributed by atoms with E-state index in [1.807, 2.05) is 0 Å². The minimum Gasteiger partial charge on any atom is -0.478 e. The highest BCUT2D eigenvalue weighted by molar-refractivity contribution is 5.98. The molecule has 0 atom stereocenters. The lowest BCUT2D eigenvalue weighted by Gasteiger charge is -2.11. The van der Waals surface area contributed by atoms with Crippen molar-refractivity contribution in [2.45, 2.75) is 6.18 Å². The molecular weight excluding hydrogens is 277 g/mol. The van der Waals surface area contributed by atoms with Crippen LogP contribution in [0.4, 0.5) is 13.2 Å². The average Bonchev–Trinajstić information content (AvgIpc) is 2.84. The van der Waals surface area contributed by atoms with Crippen LogP contribution < -0.4 is 0 Å². The van der Waals surface area contributed by atoms with Gasteiger partial charge in [-0.2, -0.15) is 18.3 Å². The van der Waals surface area contributed by atoms with Crippen LogP contribution in [0.3, 0.4) is 0 Å². The number of nitrogens with zero attached hydrogens (tertiary/aromatic N) is 1. The molecule has 0 spiro atoms. The van der Waals surface area contributed by atoms with Gasteiger partial charge in [-0.15, -0.1) is 0 Å². The fourth-order valence-electron chi connectivity index (χ4n) is 1.73. The lowest BCUT2D eigenvalue weighted by molar-refractivity contribution is -0.137. The van der Waals surface area contributed by atoms with E-state index in [2.05, 4.69) is 10.2 Å². The predicted octanol–water partition coefficient (Wildman–Crippen LogP) is 2.61. The Morgan fingerprint density at radius 3 is 2.55 bits per heavy atom. The molecule has 5 nitrogen and oxygen atoms in total. The first-order chi connectivity index (χ1) is 9.34. The topological polar surface area (TPSA) is 83.0 Å². The SMILES string of the molecule is O=Cc1[nH]ncc1-c1cc(C(F)(F)F)ccc1C(=O)O. The van der Waals surface area contributed by atoms with Crippen LogP contribution in [0.2, 0.25) is 0 Å². The van der Waals surface area contributed by atoms with Crippen molar-refractivity contribution in [1.29, 1.82) is 0 Å². The summed E-state index contributed by atoms with van der Waals surface area (Å²) in [7, 11) is 0. The molecule has 104 valence electrons. The maximum absolute atomic E-state index is 12.7. The summed E-state index contributed by atoms with van der Waals surface area (Å²) < 4.78 is 38.1. The number of carboxylic acid groups (broad SMARTS) is 1. The monoisotopic (exact) mass is 284 g/mol. The number of aromatic nitrogens is 2. The molecular formula is C12H7F3N2O3. The van der Waals surface area contributed by atoms with Gasteiger partial charge in [-0.1, -0.05) is 0 Å². The Balaban J connectivity index is 2.71. The Bertz CT molecular complexity index is 677. The molecule has 0 aliphatic carbocycles. The van der Waals surface area contributed by atoms with Gasteiger partial charge in [-0.05, 0) is 18.2 Å². The molecule has 1 heterocycles. The van der Waals surface area contributed by atoms with Crippen molar-refractivity contribution in [3.8, 4) is 11.1 Å². The molecule has 20 heavy (non-hydrogen) atoms. The number of carboxylic acids is 1. The van der Waals surface area contributed by atoms with E-state index in [0.717, 1.165) is 12.3 Å². The van der Waals surface area contributed by atoms with Crippen molar-refractivity contribution in [1.82, 2.24) is 10.2 Å². The molecule has 0 aliphatic rings. The summed E-state index contributed by atoms with van der Waals surface area (Å²) in [4.78, 5) is 21.9. The maximum Gasteiger partial charge on any atom is 0.416 e. The summed E-state index contributed by atoms with van der Waals surface area (Å²) in [5.41, 5.74) is -1.66. The van der Waals surface area contributed by atoms with Gasteiger partial charge in [0.15, 0.2) is 6.29 Å². The highest BCUT2D eigenvalue weighted by atomic mass is 19.4. The number of aldehydes is 1. The number of H-pyrrole nitrogens is 1. The second-order valence-corrected chi connectivity index (χ2v) is 3.88. The summed E-state index contributed by atoms with van der Waals surface area (Å²) >= 11 is 0. The van der Waals surface area contributed by atoms with Crippen LogP contribution in [-0.2, 0) is 6.18 Å². The molecule has 1 aromatic heterocycles. The Labute approximate surface area is 110 Å². The molecule has 0 saturated heterocycles. The van der Waals surface area contributed by atoms with E-state index < -0.39 is 17.7 Å². The van der Waals surface area contributed by atoms with E-state index in [0.29, 0.717) is 18.4 Å². The van der Waals surface area contributed by atoms with Crippen molar-refractivity contribution in [3.63, 3.8) is 0 Å². The van der Waals surface area contributed by atoms with E-state index in [1.165, 1.54) is 0 Å². The molecule has 0 unspecified atom stereocenters. The number of carbonyl (C=O) groups is 2. The zero-order valence-corrected chi connectivity index (χ0v) is 9.73. The predicted molar refractivity (Wildman–Crippen MR) is 61.4 cm³/mol. The third-order valence-corrected chi connectivity index (χ3v) is 2.65. The number of halogens is 3. The smallest absolute Gasteiger partial charge is 0.416 e. The van der Waals surface area contributed by atoms with Crippen LogP contribution in [-0.4, -0.2) is 27.6 Å². The first kappa shape index (κ1) is 13.8. The van der Waals surface area contributed by atoms with Crippen molar-refractivity contribution in [3.05, 3.63) is 41.2 Å². The number of rotatable bonds is 3. The molecule has 0 bridgehead atoms. The van der Waals surface area contributed by atoms with Gasteiger partial charge in [0.25, 0.3) is 0 Å². The van der Waals surface area contributed by atoms with Crippen LogP contribution in [0.15, 0.2) is 24.4 Å². The quantitative estimate of drug-likeness (QED) is 0.849. The molecule has 0 fully saturated rings. The van der Waals surface area contributed by atoms with Gasteiger partial charge < -0.3 is 5.11 Å². The largest absolute Gasteiger partial charge is 0.478 e. The molecule has 8 heteroatoms. The fraction of sp³-hybridized carbons (Fsp3) is 0.0833. The molecule has 2 aromatic rings. The summed E-state index contributed by atoms with van der Waals surface area (Å²) in [6.07, 6.45) is -3.16. The summed E-state index contributed by atoms with van der Waals surface area (Å²) in [6.45, 7) is 0. The Morgan fingerprint density at radius 2 is 2.00 bits per heavy atom. The maximum atomic E-state index is 12.7. The zero-order valence-electron chi connectivity index (χ0n) is 9.73. The van der Waals surface area contributed by atoms with Gasteiger partial charge in [-0.25, -0.2) is 4.79 Å².